The number of rotatable bonds is 4. The van der Waals surface area contributed by atoms with Gasteiger partial charge in [-0.15, -0.1) is 0 Å². The predicted octanol–water partition coefficient (Wildman–Crippen LogP) is 12.9. The second-order valence-corrected chi connectivity index (χ2v) is 14.2. The number of nitrogens with zero attached hydrogens (tertiary/aromatic N) is 4. The van der Waals surface area contributed by atoms with Gasteiger partial charge >= 0.3 is 0 Å². The minimum absolute atomic E-state index is 0.702. The highest BCUT2D eigenvalue weighted by Gasteiger charge is 2.26. The lowest BCUT2D eigenvalue weighted by atomic mass is 10.00. The molecule has 0 fully saturated rings. The summed E-state index contributed by atoms with van der Waals surface area (Å²) < 4.78 is 4.89. The highest BCUT2D eigenvalue weighted by atomic mass is 15.1. The molecule has 4 heteroatoms. The summed E-state index contributed by atoms with van der Waals surface area (Å²) in [5.74, 6) is 1.58. The molecule has 0 radical (unpaired) electrons. The molecule has 12 rings (SSSR count). The van der Waals surface area contributed by atoms with E-state index >= 15 is 0 Å². The summed E-state index contributed by atoms with van der Waals surface area (Å²) in [6.07, 6.45) is 0. The molecule has 0 aliphatic rings. The molecule has 0 N–H and O–H groups in total. The largest absolute Gasteiger partial charge is 0.308 e. The monoisotopic (exact) mass is 686 g/mol. The normalized spacial score (nSPS) is 12.1. The van der Waals surface area contributed by atoms with Gasteiger partial charge in [-0.1, -0.05) is 133 Å². The van der Waals surface area contributed by atoms with Crippen LogP contribution in [0.3, 0.4) is 0 Å². The molecule has 0 bridgehead atoms. The van der Waals surface area contributed by atoms with Gasteiger partial charge < -0.3 is 4.40 Å². The van der Waals surface area contributed by atoms with Gasteiger partial charge in [0, 0.05) is 43.3 Å². The Balaban J connectivity index is 1.22. The Morgan fingerprint density at radius 3 is 1.72 bits per heavy atom. The van der Waals surface area contributed by atoms with Gasteiger partial charge in [0.25, 0.3) is 0 Å². The molecule has 0 unspecified atom stereocenters. The van der Waals surface area contributed by atoms with Gasteiger partial charge in [0.05, 0.1) is 33.1 Å². The van der Waals surface area contributed by atoms with Crippen LogP contribution in [0.5, 0.6) is 0 Å². The van der Waals surface area contributed by atoms with Crippen LogP contribution in [0.25, 0.3) is 110 Å². The van der Waals surface area contributed by atoms with Crippen LogP contribution in [-0.2, 0) is 0 Å². The highest BCUT2D eigenvalue weighted by Crippen LogP contribution is 2.47. The first-order valence-electron chi connectivity index (χ1n) is 18.4. The maximum atomic E-state index is 5.51. The van der Waals surface area contributed by atoms with Gasteiger partial charge in [-0.2, -0.15) is 0 Å². The molecular weight excluding hydrogens is 657 g/mol. The zero-order chi connectivity index (χ0) is 35.3. The Bertz CT molecular complexity index is 3430. The summed E-state index contributed by atoms with van der Waals surface area (Å²) in [5, 5.41) is 8.41. The molecule has 4 heterocycles. The quantitative estimate of drug-likeness (QED) is 0.185. The lowest BCUT2D eigenvalue weighted by Gasteiger charge is -2.14. The van der Waals surface area contributed by atoms with Crippen molar-refractivity contribution in [1.29, 1.82) is 0 Å². The van der Waals surface area contributed by atoms with Crippen molar-refractivity contribution in [2.75, 3.05) is 0 Å². The van der Waals surface area contributed by atoms with Crippen LogP contribution in [-0.4, -0.2) is 18.9 Å². The van der Waals surface area contributed by atoms with E-state index in [1.807, 2.05) is 0 Å². The third-order valence-corrected chi connectivity index (χ3v) is 11.2. The van der Waals surface area contributed by atoms with Crippen molar-refractivity contribution in [2.24, 2.45) is 0 Å². The molecule has 0 amide bonds. The molecule has 0 atom stereocenters. The van der Waals surface area contributed by atoms with E-state index in [0.717, 1.165) is 38.9 Å². The summed E-state index contributed by atoms with van der Waals surface area (Å²) in [4.78, 5) is 10.7. The molecule has 250 valence electrons. The van der Waals surface area contributed by atoms with E-state index in [1.165, 1.54) is 65.6 Å². The fourth-order valence-corrected chi connectivity index (χ4v) is 8.87. The van der Waals surface area contributed by atoms with Crippen LogP contribution in [0.2, 0.25) is 0 Å². The molecule has 0 saturated carbocycles. The third kappa shape index (κ3) is 4.08. The van der Waals surface area contributed by atoms with Crippen molar-refractivity contribution in [2.45, 2.75) is 0 Å². The van der Waals surface area contributed by atoms with Gasteiger partial charge in [-0.3, -0.25) is 4.57 Å². The molecule has 4 nitrogen and oxygen atoms in total. The van der Waals surface area contributed by atoms with Crippen molar-refractivity contribution in [3.63, 3.8) is 0 Å². The summed E-state index contributed by atoms with van der Waals surface area (Å²) >= 11 is 0. The average Bonchev–Trinajstić information content (AvgIpc) is 3.88. The number of para-hydroxylation sites is 3. The van der Waals surface area contributed by atoms with Gasteiger partial charge in [0.1, 0.15) is 5.82 Å². The number of fused-ring (bicyclic) bond motifs is 11. The second-order valence-electron chi connectivity index (χ2n) is 14.2. The maximum Gasteiger partial charge on any atom is 0.162 e. The summed E-state index contributed by atoms with van der Waals surface area (Å²) in [7, 11) is 0. The Hall–Kier alpha value is -7.30. The number of aromatic nitrogens is 4. The third-order valence-electron chi connectivity index (χ3n) is 11.2. The molecule has 0 spiro atoms. The SMILES string of the molecule is c1ccc(-c2cccc(-c3nc(-n4c5ccccc5c5cc6c7cc(-c8ccccc8)ccc7n7c8ccccc8c(c54)c67)c4ccccc4n3)c2)cc1. The van der Waals surface area contributed by atoms with Crippen molar-refractivity contribution in [3.8, 4) is 39.5 Å². The maximum absolute atomic E-state index is 5.51. The van der Waals surface area contributed by atoms with Gasteiger partial charge in [0.15, 0.2) is 5.82 Å². The second kappa shape index (κ2) is 11.1. The molecule has 0 aliphatic carbocycles. The fraction of sp³-hybridized carbons (Fsp3) is 0. The first-order chi connectivity index (χ1) is 26.8. The van der Waals surface area contributed by atoms with Gasteiger partial charge in [-0.25, -0.2) is 9.97 Å². The van der Waals surface area contributed by atoms with Crippen molar-refractivity contribution >= 4 is 70.8 Å². The molecule has 8 aromatic carbocycles. The summed E-state index contributed by atoms with van der Waals surface area (Å²) in [6, 6.07) is 65.2. The Morgan fingerprint density at radius 2 is 0.926 bits per heavy atom. The minimum atomic E-state index is 0.702. The molecule has 0 saturated heterocycles. The van der Waals surface area contributed by atoms with E-state index in [2.05, 4.69) is 191 Å². The average molecular weight is 687 g/mol. The molecule has 0 aliphatic heterocycles. The van der Waals surface area contributed by atoms with E-state index in [9.17, 15) is 0 Å². The van der Waals surface area contributed by atoms with E-state index in [0.29, 0.717) is 5.82 Å². The number of hydrogen-bond donors (Lipinski definition) is 0. The first kappa shape index (κ1) is 29.3. The van der Waals surface area contributed by atoms with Crippen LogP contribution < -0.4 is 0 Å². The topological polar surface area (TPSA) is 35.1 Å². The first-order valence-corrected chi connectivity index (χ1v) is 18.4. The zero-order valence-corrected chi connectivity index (χ0v) is 29.1. The number of benzene rings is 8. The minimum Gasteiger partial charge on any atom is -0.308 e. The van der Waals surface area contributed by atoms with Crippen LogP contribution in [0.1, 0.15) is 0 Å². The Labute approximate surface area is 310 Å². The van der Waals surface area contributed by atoms with Crippen LogP contribution in [0.15, 0.2) is 182 Å². The summed E-state index contributed by atoms with van der Waals surface area (Å²) in [5.41, 5.74) is 12.6. The molecular formula is C50H30N4. The lowest BCUT2D eigenvalue weighted by Crippen LogP contribution is -2.03. The standard InChI is InChI=1S/C50H30N4/c1-3-14-31(15-4-1)33-18-13-19-35(28-33)49-51-42-23-10-7-21-37(42)50(52-49)54-43-24-11-8-20-36(43)40-30-41-39-29-34(32-16-5-2-6-17-32)26-27-45(39)53-44-25-12-9-22-38(44)46(47(41)53)48(40)54/h1-30H. The van der Waals surface area contributed by atoms with Crippen LogP contribution in [0.4, 0.5) is 0 Å². The van der Waals surface area contributed by atoms with Gasteiger partial charge in [0.2, 0.25) is 0 Å². The fourth-order valence-electron chi connectivity index (χ4n) is 8.87. The van der Waals surface area contributed by atoms with Crippen molar-refractivity contribution in [1.82, 2.24) is 18.9 Å². The van der Waals surface area contributed by atoms with Crippen LogP contribution in [0, 0.1) is 0 Å². The highest BCUT2D eigenvalue weighted by molar-refractivity contribution is 6.34. The Morgan fingerprint density at radius 1 is 0.333 bits per heavy atom. The molecule has 12 aromatic rings. The van der Waals surface area contributed by atoms with E-state index in [-0.39, 0.29) is 0 Å². The summed E-state index contributed by atoms with van der Waals surface area (Å²) in [6.45, 7) is 0. The van der Waals surface area contributed by atoms with Crippen LogP contribution >= 0.6 is 0 Å². The van der Waals surface area contributed by atoms with Crippen molar-refractivity contribution < 1.29 is 0 Å². The molecule has 4 aromatic heterocycles. The number of hydrogen-bond acceptors (Lipinski definition) is 2. The van der Waals surface area contributed by atoms with E-state index in [4.69, 9.17) is 9.97 Å². The van der Waals surface area contributed by atoms with E-state index in [1.54, 1.807) is 0 Å². The smallest absolute Gasteiger partial charge is 0.162 e. The van der Waals surface area contributed by atoms with Crippen molar-refractivity contribution in [3.05, 3.63) is 182 Å². The Kier molecular flexibility index (Phi) is 6.02. The van der Waals surface area contributed by atoms with E-state index < -0.39 is 0 Å². The molecule has 54 heavy (non-hydrogen) atoms. The predicted molar refractivity (Wildman–Crippen MR) is 225 cm³/mol. The lowest BCUT2D eigenvalue weighted by molar-refractivity contribution is 1.08. The zero-order valence-electron chi connectivity index (χ0n) is 29.1. The van der Waals surface area contributed by atoms with Gasteiger partial charge in [-0.05, 0) is 70.8 Å².